The molecule has 11 heteroatoms. The van der Waals surface area contributed by atoms with Gasteiger partial charge in [0.15, 0.2) is 6.10 Å². The van der Waals surface area contributed by atoms with Gasteiger partial charge in [-0.3, -0.25) is 4.79 Å². The van der Waals surface area contributed by atoms with Crippen LogP contribution in [-0.4, -0.2) is 32.9 Å². The van der Waals surface area contributed by atoms with Gasteiger partial charge in [0.2, 0.25) is 11.8 Å². The fourth-order valence-corrected chi connectivity index (χ4v) is 2.60. The monoisotopic (exact) mass is 427 g/mol. The minimum absolute atomic E-state index is 0.0177. The summed E-state index contributed by atoms with van der Waals surface area (Å²) < 4.78 is 43.0. The second-order valence-electron chi connectivity index (χ2n) is 5.87. The first kappa shape index (κ1) is 20.8. The second kappa shape index (κ2) is 8.19. The molecule has 0 radical (unpaired) electrons. The molecule has 2 aromatic carbocycles. The number of amides is 1. The number of carbonyl (C=O) groups excluding carboxylic acids is 1. The summed E-state index contributed by atoms with van der Waals surface area (Å²) in [6.07, 6.45) is -5.79. The Morgan fingerprint density at radius 2 is 1.86 bits per heavy atom. The van der Waals surface area contributed by atoms with Gasteiger partial charge in [-0.1, -0.05) is 11.6 Å². The number of nitrogens with zero attached hydrogens (tertiary/aromatic N) is 2. The number of anilines is 1. The molecule has 0 aliphatic heterocycles. The summed E-state index contributed by atoms with van der Waals surface area (Å²) in [7, 11) is 0. The van der Waals surface area contributed by atoms with Gasteiger partial charge in [-0.15, -0.1) is 10.2 Å². The summed E-state index contributed by atoms with van der Waals surface area (Å²) >= 11 is 6.13. The maximum atomic E-state index is 12.6. The fraction of sp³-hybridized carbons (Fsp3) is 0.167. The zero-order chi connectivity index (χ0) is 21.2. The predicted octanol–water partition coefficient (Wildman–Crippen LogP) is 3.69. The van der Waals surface area contributed by atoms with Crippen LogP contribution in [0.1, 0.15) is 27.9 Å². The number of hydrogen-bond acceptors (Lipinski definition) is 6. The molecule has 0 spiro atoms. The fourth-order valence-electron chi connectivity index (χ4n) is 2.34. The predicted molar refractivity (Wildman–Crippen MR) is 96.2 cm³/mol. The van der Waals surface area contributed by atoms with Crippen LogP contribution in [0.3, 0.4) is 0 Å². The van der Waals surface area contributed by atoms with Crippen molar-refractivity contribution < 1.29 is 32.6 Å². The zero-order valence-corrected chi connectivity index (χ0v) is 15.2. The first-order valence-electron chi connectivity index (χ1n) is 8.10. The molecule has 7 nitrogen and oxygen atoms in total. The molecule has 1 atom stereocenters. The third-order valence-electron chi connectivity index (χ3n) is 3.83. The molecule has 0 aliphatic rings. The lowest BCUT2D eigenvalue weighted by molar-refractivity contribution is -0.137. The molecular formula is C18H13ClF3N3O4. The van der Waals surface area contributed by atoms with E-state index in [2.05, 4.69) is 15.5 Å². The van der Waals surface area contributed by atoms with Crippen LogP contribution in [0.4, 0.5) is 18.9 Å². The molecule has 3 aromatic rings. The van der Waals surface area contributed by atoms with E-state index in [9.17, 15) is 23.1 Å². The molecule has 0 bridgehead atoms. The Labute approximate surface area is 166 Å². The zero-order valence-electron chi connectivity index (χ0n) is 14.4. The lowest BCUT2D eigenvalue weighted by Crippen LogP contribution is -2.13. The number of hydrogen-bond donors (Lipinski definition) is 3. The largest absolute Gasteiger partial charge is 0.418 e. The van der Waals surface area contributed by atoms with Gasteiger partial charge in [-0.25, -0.2) is 0 Å². The van der Waals surface area contributed by atoms with E-state index in [0.717, 1.165) is 24.3 Å². The highest BCUT2D eigenvalue weighted by atomic mass is 35.5. The Bertz CT molecular complexity index is 1020. The Kier molecular flexibility index (Phi) is 5.87. The maximum Gasteiger partial charge on any atom is 0.416 e. The van der Waals surface area contributed by atoms with Crippen LogP contribution in [-0.2, 0) is 6.18 Å². The minimum Gasteiger partial charge on any atom is -0.418 e. The van der Waals surface area contributed by atoms with Gasteiger partial charge < -0.3 is 19.9 Å². The van der Waals surface area contributed by atoms with E-state index >= 15 is 0 Å². The van der Waals surface area contributed by atoms with Crippen molar-refractivity contribution in [2.75, 3.05) is 11.9 Å². The third-order valence-corrected chi connectivity index (χ3v) is 4.14. The third kappa shape index (κ3) is 4.73. The summed E-state index contributed by atoms with van der Waals surface area (Å²) in [4.78, 5) is 12.4. The van der Waals surface area contributed by atoms with Crippen molar-refractivity contribution in [1.29, 1.82) is 0 Å². The lowest BCUT2D eigenvalue weighted by atomic mass is 10.1. The number of aliphatic hydroxyl groups excluding tert-OH is 2. The SMILES string of the molecule is O=C(Nc1ccc(C(F)(F)F)cc1)c1ccc(-c2nnc([C@@H](O)CO)o2)cc1Cl. The van der Waals surface area contributed by atoms with Gasteiger partial charge in [0, 0.05) is 11.3 Å². The van der Waals surface area contributed by atoms with Gasteiger partial charge in [-0.2, -0.15) is 13.2 Å². The molecule has 3 rings (SSSR count). The Morgan fingerprint density at radius 1 is 1.17 bits per heavy atom. The standard InChI is InChI=1S/C18H13ClF3N3O4/c19-13-7-9(16-24-25-17(29-16)14(27)8-26)1-6-12(13)15(28)23-11-4-2-10(3-5-11)18(20,21)22/h1-7,14,26-27H,8H2,(H,23,28)/t14-/m0/s1. The van der Waals surface area contributed by atoms with Gasteiger partial charge >= 0.3 is 6.18 Å². The topological polar surface area (TPSA) is 108 Å². The summed E-state index contributed by atoms with van der Waals surface area (Å²) in [5.41, 5.74) is -0.221. The van der Waals surface area contributed by atoms with Crippen molar-refractivity contribution in [3.63, 3.8) is 0 Å². The minimum atomic E-state index is -4.47. The van der Waals surface area contributed by atoms with Crippen LogP contribution >= 0.6 is 11.6 Å². The normalized spacial score (nSPS) is 12.6. The van der Waals surface area contributed by atoms with Gasteiger partial charge in [0.25, 0.3) is 5.91 Å². The Hall–Kier alpha value is -2.95. The van der Waals surface area contributed by atoms with Crippen molar-refractivity contribution in [3.05, 3.63) is 64.5 Å². The van der Waals surface area contributed by atoms with Crippen molar-refractivity contribution in [2.45, 2.75) is 12.3 Å². The summed E-state index contributed by atoms with van der Waals surface area (Å²) in [5, 5.41) is 28.2. The average molecular weight is 428 g/mol. The molecule has 3 N–H and O–H groups in total. The molecule has 1 aromatic heterocycles. The lowest BCUT2D eigenvalue weighted by Gasteiger charge is -2.10. The number of carbonyl (C=O) groups is 1. The van der Waals surface area contributed by atoms with Crippen LogP contribution in [0.25, 0.3) is 11.5 Å². The summed E-state index contributed by atoms with van der Waals surface area (Å²) in [6.45, 7) is -0.592. The number of rotatable bonds is 5. The average Bonchev–Trinajstić information content (AvgIpc) is 3.17. The smallest absolute Gasteiger partial charge is 0.416 e. The van der Waals surface area contributed by atoms with Crippen LogP contribution in [0.15, 0.2) is 46.9 Å². The maximum absolute atomic E-state index is 12.6. The summed E-state index contributed by atoms with van der Waals surface area (Å²) in [5.74, 6) is -0.782. The number of aliphatic hydroxyl groups is 2. The number of aromatic nitrogens is 2. The first-order chi connectivity index (χ1) is 13.7. The molecule has 1 heterocycles. The summed E-state index contributed by atoms with van der Waals surface area (Å²) in [6, 6.07) is 8.21. The molecule has 0 unspecified atom stereocenters. The first-order valence-corrected chi connectivity index (χ1v) is 8.47. The van der Waals surface area contributed by atoms with Crippen molar-refractivity contribution in [1.82, 2.24) is 10.2 Å². The van der Waals surface area contributed by atoms with Gasteiger partial charge in [0.05, 0.1) is 22.8 Å². The molecule has 0 saturated heterocycles. The molecule has 29 heavy (non-hydrogen) atoms. The van der Waals surface area contributed by atoms with E-state index < -0.39 is 30.4 Å². The molecule has 1 amide bonds. The van der Waals surface area contributed by atoms with Crippen LogP contribution in [0.5, 0.6) is 0 Å². The number of nitrogens with one attached hydrogen (secondary N) is 1. The Morgan fingerprint density at radius 3 is 2.45 bits per heavy atom. The van der Waals surface area contributed by atoms with E-state index in [4.69, 9.17) is 21.1 Å². The highest BCUT2D eigenvalue weighted by Crippen LogP contribution is 2.30. The van der Waals surface area contributed by atoms with Crippen molar-refractivity contribution in [3.8, 4) is 11.5 Å². The van der Waals surface area contributed by atoms with Crippen molar-refractivity contribution >= 4 is 23.2 Å². The quantitative estimate of drug-likeness (QED) is 0.573. The van der Waals surface area contributed by atoms with E-state index in [1.54, 1.807) is 0 Å². The molecular weight excluding hydrogens is 415 g/mol. The highest BCUT2D eigenvalue weighted by Gasteiger charge is 2.30. The molecule has 0 fully saturated rings. The van der Waals surface area contributed by atoms with Crippen molar-refractivity contribution in [2.24, 2.45) is 0 Å². The van der Waals surface area contributed by atoms with E-state index in [-0.39, 0.29) is 28.1 Å². The van der Waals surface area contributed by atoms with E-state index in [1.165, 1.54) is 18.2 Å². The molecule has 152 valence electrons. The van der Waals surface area contributed by atoms with Crippen LogP contribution < -0.4 is 5.32 Å². The molecule has 0 saturated carbocycles. The number of alkyl halides is 3. The molecule has 0 aliphatic carbocycles. The number of halogens is 4. The second-order valence-corrected chi connectivity index (χ2v) is 6.27. The van der Waals surface area contributed by atoms with Crippen LogP contribution in [0.2, 0.25) is 5.02 Å². The van der Waals surface area contributed by atoms with E-state index in [1.807, 2.05) is 0 Å². The van der Waals surface area contributed by atoms with Gasteiger partial charge in [0.1, 0.15) is 0 Å². The highest BCUT2D eigenvalue weighted by molar-refractivity contribution is 6.34. The van der Waals surface area contributed by atoms with E-state index in [0.29, 0.717) is 5.56 Å². The van der Waals surface area contributed by atoms with Gasteiger partial charge in [-0.05, 0) is 42.5 Å². The number of benzene rings is 2. The van der Waals surface area contributed by atoms with Crippen LogP contribution in [0, 0.1) is 0 Å². The Balaban J connectivity index is 1.76.